The molecule has 0 radical (unpaired) electrons. The highest BCUT2D eigenvalue weighted by atomic mass is 35.7. The molecule has 11 heteroatoms. The predicted molar refractivity (Wildman–Crippen MR) is 71.3 cm³/mol. The van der Waals surface area contributed by atoms with Gasteiger partial charge in [-0.15, -0.1) is 11.3 Å². The number of hydrogen-bond acceptors (Lipinski definition) is 5. The molecule has 0 aromatic carbocycles. The van der Waals surface area contributed by atoms with Gasteiger partial charge in [-0.1, -0.05) is 0 Å². The maximum atomic E-state index is 11.8. The van der Waals surface area contributed by atoms with Crippen LogP contribution in [-0.2, 0) is 13.8 Å². The Kier molecular flexibility index (Phi) is 6.02. The highest BCUT2D eigenvalue weighted by Gasteiger charge is 2.27. The first-order valence-corrected chi connectivity index (χ1v) is 8.61. The second-order valence-corrected chi connectivity index (χ2v) is 7.68. The van der Waals surface area contributed by atoms with Crippen molar-refractivity contribution >= 4 is 37.0 Å². The van der Waals surface area contributed by atoms with Gasteiger partial charge in [0.1, 0.15) is 6.61 Å². The number of carbonyl (C=O) groups excluding carboxylic acids is 1. The van der Waals surface area contributed by atoms with Crippen LogP contribution >= 0.6 is 22.0 Å². The Hall–Kier alpha value is -0.840. The van der Waals surface area contributed by atoms with Crippen LogP contribution in [0, 0.1) is 6.92 Å². The second kappa shape index (κ2) is 6.95. The van der Waals surface area contributed by atoms with E-state index in [4.69, 9.17) is 10.7 Å². The molecule has 5 nitrogen and oxygen atoms in total. The molecule has 0 spiro atoms. The average molecular weight is 366 g/mol. The Balaban J connectivity index is 2.50. The van der Waals surface area contributed by atoms with Crippen molar-refractivity contribution in [1.29, 1.82) is 0 Å². The van der Waals surface area contributed by atoms with Crippen molar-refractivity contribution in [2.75, 3.05) is 19.8 Å². The summed E-state index contributed by atoms with van der Waals surface area (Å²) in [4.78, 5) is 12.0. The lowest BCUT2D eigenvalue weighted by molar-refractivity contribution is -0.173. The summed E-state index contributed by atoms with van der Waals surface area (Å²) in [6, 6.07) is 1.12. The zero-order chi connectivity index (χ0) is 16.3. The molecule has 0 aliphatic rings. The molecule has 0 saturated heterocycles. The molecule has 0 fully saturated rings. The topological polar surface area (TPSA) is 72.5 Å². The molecule has 0 aliphatic heterocycles. The zero-order valence-electron chi connectivity index (χ0n) is 10.7. The van der Waals surface area contributed by atoms with E-state index in [-0.39, 0.29) is 22.9 Å². The van der Waals surface area contributed by atoms with Crippen molar-refractivity contribution in [2.24, 2.45) is 0 Å². The Morgan fingerprint density at radius 2 is 2.10 bits per heavy atom. The van der Waals surface area contributed by atoms with E-state index in [1.54, 1.807) is 0 Å². The van der Waals surface area contributed by atoms with Gasteiger partial charge in [0.15, 0.2) is 0 Å². The van der Waals surface area contributed by atoms with Gasteiger partial charge >= 0.3 is 6.18 Å². The maximum absolute atomic E-state index is 11.8. The molecular formula is C10H11ClF3NO4S2. The van der Waals surface area contributed by atoms with Gasteiger partial charge in [-0.25, -0.2) is 8.42 Å². The van der Waals surface area contributed by atoms with E-state index >= 15 is 0 Å². The number of ether oxygens (including phenoxy) is 1. The van der Waals surface area contributed by atoms with E-state index in [2.05, 4.69) is 10.1 Å². The number of amides is 1. The summed E-state index contributed by atoms with van der Waals surface area (Å²) >= 11 is 0.921. The van der Waals surface area contributed by atoms with Crippen LogP contribution in [0.4, 0.5) is 13.2 Å². The van der Waals surface area contributed by atoms with Crippen LogP contribution in [0.3, 0.4) is 0 Å². The van der Waals surface area contributed by atoms with Crippen molar-refractivity contribution < 1.29 is 31.1 Å². The fraction of sp³-hybridized carbons (Fsp3) is 0.500. The standard InChI is InChI=1S/C10H11ClF3NO4S2/c1-6-8(21(11,17)18)4-7(20-6)9(16)15-2-3-19-5-10(12,13)14/h4H,2-3,5H2,1H3,(H,15,16). The minimum Gasteiger partial charge on any atom is -0.370 e. The van der Waals surface area contributed by atoms with Gasteiger partial charge in [0.05, 0.1) is 16.4 Å². The number of alkyl halides is 3. The third-order valence-corrected chi connectivity index (χ3v) is 4.78. The van der Waals surface area contributed by atoms with E-state index in [1.807, 2.05) is 0 Å². The molecule has 0 saturated carbocycles. The fourth-order valence-electron chi connectivity index (χ4n) is 1.33. The van der Waals surface area contributed by atoms with Crippen LogP contribution in [0.2, 0.25) is 0 Å². The molecule has 0 aliphatic carbocycles. The van der Waals surface area contributed by atoms with Gasteiger partial charge in [-0.2, -0.15) is 13.2 Å². The number of thiophene rings is 1. The van der Waals surface area contributed by atoms with Crippen LogP contribution in [0.25, 0.3) is 0 Å². The minimum absolute atomic E-state index is 0.0996. The molecule has 21 heavy (non-hydrogen) atoms. The lowest BCUT2D eigenvalue weighted by atomic mass is 10.4. The Bertz CT molecular complexity index is 612. The Morgan fingerprint density at radius 1 is 1.48 bits per heavy atom. The van der Waals surface area contributed by atoms with Crippen LogP contribution in [-0.4, -0.2) is 40.3 Å². The third kappa shape index (κ3) is 6.20. The molecule has 0 atom stereocenters. The van der Waals surface area contributed by atoms with Crippen molar-refractivity contribution in [3.63, 3.8) is 0 Å². The monoisotopic (exact) mass is 365 g/mol. The van der Waals surface area contributed by atoms with Crippen LogP contribution in [0.1, 0.15) is 14.5 Å². The van der Waals surface area contributed by atoms with Gasteiger partial charge in [-0.05, 0) is 13.0 Å². The molecule has 1 heterocycles. The number of nitrogens with one attached hydrogen (secondary N) is 1. The van der Waals surface area contributed by atoms with Gasteiger partial charge < -0.3 is 10.1 Å². The van der Waals surface area contributed by atoms with E-state index in [0.29, 0.717) is 4.88 Å². The summed E-state index contributed by atoms with van der Waals surface area (Å²) in [5, 5.41) is 2.32. The van der Waals surface area contributed by atoms with Crippen LogP contribution < -0.4 is 5.32 Å². The van der Waals surface area contributed by atoms with Crippen molar-refractivity contribution in [2.45, 2.75) is 18.0 Å². The molecule has 0 bridgehead atoms. The van der Waals surface area contributed by atoms with Crippen LogP contribution in [0.5, 0.6) is 0 Å². The number of halogens is 4. The average Bonchev–Trinajstić information content (AvgIpc) is 2.69. The normalized spacial score (nSPS) is 12.4. The van der Waals surface area contributed by atoms with E-state index in [0.717, 1.165) is 17.4 Å². The first-order chi connectivity index (χ1) is 9.50. The fourth-order valence-corrected chi connectivity index (χ4v) is 3.91. The smallest absolute Gasteiger partial charge is 0.370 e. The number of aryl methyl sites for hydroxylation is 1. The van der Waals surface area contributed by atoms with Gasteiger partial charge in [0.2, 0.25) is 0 Å². The third-order valence-electron chi connectivity index (χ3n) is 2.16. The lowest BCUT2D eigenvalue weighted by Gasteiger charge is -2.07. The number of hydrogen-bond donors (Lipinski definition) is 1. The van der Waals surface area contributed by atoms with Crippen molar-refractivity contribution in [3.05, 3.63) is 15.8 Å². The number of carbonyl (C=O) groups is 1. The van der Waals surface area contributed by atoms with Crippen molar-refractivity contribution in [3.8, 4) is 0 Å². The summed E-state index contributed by atoms with van der Waals surface area (Å²) in [6.07, 6.45) is -4.42. The molecule has 1 aromatic rings. The quantitative estimate of drug-likeness (QED) is 0.620. The van der Waals surface area contributed by atoms with Crippen molar-refractivity contribution in [1.82, 2.24) is 5.32 Å². The van der Waals surface area contributed by atoms with Gasteiger partial charge in [0, 0.05) is 22.1 Å². The SMILES string of the molecule is Cc1sc(C(=O)NCCOCC(F)(F)F)cc1S(=O)(=O)Cl. The van der Waals surface area contributed by atoms with Gasteiger partial charge in [0.25, 0.3) is 15.0 Å². The second-order valence-electron chi connectivity index (χ2n) is 3.89. The van der Waals surface area contributed by atoms with E-state index < -0.39 is 27.7 Å². The highest BCUT2D eigenvalue weighted by Crippen LogP contribution is 2.28. The summed E-state index contributed by atoms with van der Waals surface area (Å²) < 4.78 is 62.1. The van der Waals surface area contributed by atoms with Gasteiger partial charge in [-0.3, -0.25) is 4.79 Å². The Morgan fingerprint density at radius 3 is 2.57 bits per heavy atom. The first kappa shape index (κ1) is 18.2. The summed E-state index contributed by atoms with van der Waals surface area (Å²) in [7, 11) is 1.25. The summed E-state index contributed by atoms with van der Waals surface area (Å²) in [6.45, 7) is -0.343. The van der Waals surface area contributed by atoms with Crippen LogP contribution in [0.15, 0.2) is 11.0 Å². The molecule has 1 rings (SSSR count). The summed E-state index contributed by atoms with van der Waals surface area (Å²) in [5.41, 5.74) is 0. The first-order valence-electron chi connectivity index (χ1n) is 5.48. The molecule has 1 aromatic heterocycles. The van der Waals surface area contributed by atoms with E-state index in [9.17, 15) is 26.4 Å². The predicted octanol–water partition coefficient (Wildman–Crippen LogP) is 2.29. The lowest BCUT2D eigenvalue weighted by Crippen LogP contribution is -2.28. The largest absolute Gasteiger partial charge is 0.411 e. The molecule has 1 amide bonds. The summed E-state index contributed by atoms with van der Waals surface area (Å²) in [5.74, 6) is -0.606. The maximum Gasteiger partial charge on any atom is 0.411 e. The molecule has 1 N–H and O–H groups in total. The molecule has 120 valence electrons. The number of rotatable bonds is 6. The Labute approximate surface area is 127 Å². The molecule has 0 unspecified atom stereocenters. The van der Waals surface area contributed by atoms with E-state index in [1.165, 1.54) is 6.92 Å². The highest BCUT2D eigenvalue weighted by molar-refractivity contribution is 8.13. The minimum atomic E-state index is -4.42. The molecular weight excluding hydrogens is 355 g/mol. The zero-order valence-corrected chi connectivity index (χ0v) is 13.0.